The predicted molar refractivity (Wildman–Crippen MR) is 193 cm³/mol. The van der Waals surface area contributed by atoms with Crippen LogP contribution in [0.15, 0.2) is 146 Å². The lowest BCUT2D eigenvalue weighted by Gasteiger charge is -2.11. The third-order valence-corrected chi connectivity index (χ3v) is 9.05. The minimum Gasteiger partial charge on any atom is -0.359 e. The molecule has 0 aliphatic rings. The number of rotatable bonds is 4. The Hall–Kier alpha value is -7.02. The second kappa shape index (κ2) is 10.8. The van der Waals surface area contributed by atoms with Crippen molar-refractivity contribution in [2.75, 3.05) is 0 Å². The average Bonchev–Trinajstić information content (AvgIpc) is 3.68. The summed E-state index contributed by atoms with van der Waals surface area (Å²) in [6, 6.07) is 51.6. The fourth-order valence-corrected chi connectivity index (χ4v) is 6.92. The molecule has 6 aromatic carbocycles. The summed E-state index contributed by atoms with van der Waals surface area (Å²) in [6.45, 7) is 7.97. The smallest absolute Gasteiger partial charge is 0.296 e. The predicted octanol–water partition coefficient (Wildman–Crippen LogP) is 10.4. The van der Waals surface area contributed by atoms with Gasteiger partial charge >= 0.3 is 0 Å². The van der Waals surface area contributed by atoms with E-state index in [9.17, 15) is 5.26 Å². The Labute approximate surface area is 275 Å². The van der Waals surface area contributed by atoms with Crippen molar-refractivity contribution in [3.63, 3.8) is 0 Å². The Morgan fingerprint density at radius 3 is 1.23 bits per heavy atom. The molecule has 9 aromatic rings. The Morgan fingerprint density at radius 1 is 0.479 bits per heavy atom. The maximum absolute atomic E-state index is 10.2. The molecule has 0 amide bonds. The number of benzene rings is 6. The fourth-order valence-electron chi connectivity index (χ4n) is 6.92. The highest BCUT2D eigenvalue weighted by molar-refractivity contribution is 6.10. The summed E-state index contributed by atoms with van der Waals surface area (Å²) in [4.78, 5) is 13.2. The van der Waals surface area contributed by atoms with Gasteiger partial charge in [0.25, 0.3) is 5.82 Å². The van der Waals surface area contributed by atoms with Gasteiger partial charge in [-0.1, -0.05) is 91.5 Å². The largest absolute Gasteiger partial charge is 0.359 e. The molecule has 9 rings (SSSR count). The molecule has 0 saturated heterocycles. The van der Waals surface area contributed by atoms with Gasteiger partial charge in [-0.25, -0.2) is 4.98 Å². The molecule has 0 spiro atoms. The summed E-state index contributed by atoms with van der Waals surface area (Å²) < 4.78 is 4.48. The fraction of sp³-hybridized carbons (Fsp3) is 0. The zero-order chi connectivity index (χ0) is 32.2. The molecule has 48 heavy (non-hydrogen) atoms. The first-order valence-electron chi connectivity index (χ1n) is 15.6. The zero-order valence-electron chi connectivity index (χ0n) is 25.5. The van der Waals surface area contributed by atoms with Gasteiger partial charge in [-0.2, -0.15) is 5.26 Å². The molecular weight excluding hydrogens is 589 g/mol. The Kier molecular flexibility index (Phi) is 6.15. The molecule has 222 valence electrons. The van der Waals surface area contributed by atoms with Crippen LogP contribution in [0.3, 0.4) is 0 Å². The molecule has 3 aromatic heterocycles. The molecule has 0 saturated carbocycles. The van der Waals surface area contributed by atoms with E-state index in [1.807, 2.05) is 72.8 Å². The third-order valence-electron chi connectivity index (χ3n) is 9.05. The molecule has 0 unspecified atom stereocenters. The van der Waals surface area contributed by atoms with E-state index in [1.165, 1.54) is 21.5 Å². The number of hydrogen-bond acceptors (Lipinski definition) is 3. The molecule has 3 heterocycles. The zero-order valence-corrected chi connectivity index (χ0v) is 25.5. The lowest BCUT2D eigenvalue weighted by molar-refractivity contribution is 1.16. The van der Waals surface area contributed by atoms with E-state index in [0.29, 0.717) is 11.4 Å². The third kappa shape index (κ3) is 4.11. The number of nitriles is 1. The molecule has 0 aliphatic heterocycles. The highest BCUT2D eigenvalue weighted by atomic mass is 15.0. The van der Waals surface area contributed by atoms with Crippen molar-refractivity contribution >= 4 is 49.4 Å². The minimum absolute atomic E-state index is 0.153. The van der Waals surface area contributed by atoms with Crippen LogP contribution in [-0.2, 0) is 0 Å². The van der Waals surface area contributed by atoms with Gasteiger partial charge in [-0.3, -0.25) is 0 Å². The van der Waals surface area contributed by atoms with E-state index in [1.54, 1.807) is 0 Å². The molecule has 0 fully saturated rings. The van der Waals surface area contributed by atoms with Crippen LogP contribution in [0.2, 0.25) is 0 Å². The summed E-state index contributed by atoms with van der Waals surface area (Å²) in [7, 11) is 0. The summed E-state index contributed by atoms with van der Waals surface area (Å²) in [5, 5.41) is 15.0. The van der Waals surface area contributed by atoms with E-state index in [2.05, 4.69) is 92.8 Å². The van der Waals surface area contributed by atoms with Gasteiger partial charge in [-0.15, -0.1) is 4.98 Å². The van der Waals surface area contributed by atoms with Crippen LogP contribution in [0.5, 0.6) is 0 Å². The van der Waals surface area contributed by atoms with Crippen molar-refractivity contribution in [2.45, 2.75) is 0 Å². The van der Waals surface area contributed by atoms with Crippen molar-refractivity contribution in [2.24, 2.45) is 0 Å². The summed E-state index contributed by atoms with van der Waals surface area (Å²) in [6.07, 6.45) is 0. The maximum Gasteiger partial charge on any atom is 0.296 e. The number of para-hydroxylation sites is 4. The van der Waals surface area contributed by atoms with Gasteiger partial charge in [0.2, 0.25) is 0 Å². The van der Waals surface area contributed by atoms with Crippen LogP contribution in [-0.4, -0.2) is 19.1 Å². The highest BCUT2D eigenvalue weighted by Gasteiger charge is 2.21. The van der Waals surface area contributed by atoms with E-state index in [0.717, 1.165) is 44.6 Å². The number of hydrogen-bond donors (Lipinski definition) is 0. The standard InChI is InChI=1S/C42H24N6/c1-44-42-41(28-20-24-30(25-21-28)48-38-16-8-4-12-33(38)34-13-5-9-17-39(34)48)45-35(26-43)40(46-42)27-18-22-29(23-19-27)47-36-14-6-2-10-31(36)32-11-3-7-15-37(32)47/h2-25H. The van der Waals surface area contributed by atoms with Crippen molar-refractivity contribution in [1.82, 2.24) is 19.1 Å². The molecule has 0 bridgehead atoms. The van der Waals surface area contributed by atoms with Gasteiger partial charge in [0.1, 0.15) is 6.07 Å². The van der Waals surface area contributed by atoms with E-state index < -0.39 is 0 Å². The quantitative estimate of drug-likeness (QED) is 0.186. The van der Waals surface area contributed by atoms with Crippen molar-refractivity contribution in [3.8, 4) is 40.0 Å². The van der Waals surface area contributed by atoms with Crippen molar-refractivity contribution in [3.05, 3.63) is 163 Å². The lowest BCUT2D eigenvalue weighted by Crippen LogP contribution is -1.99. The molecule has 0 N–H and O–H groups in total. The summed E-state index contributed by atoms with van der Waals surface area (Å²) in [5.74, 6) is 0.153. The molecule has 6 nitrogen and oxygen atoms in total. The average molecular weight is 613 g/mol. The second-order valence-corrected chi connectivity index (χ2v) is 11.6. The lowest BCUT2D eigenvalue weighted by atomic mass is 10.1. The van der Waals surface area contributed by atoms with Gasteiger partial charge in [0.15, 0.2) is 11.4 Å². The monoisotopic (exact) mass is 612 g/mol. The number of nitrogens with zero attached hydrogens (tertiary/aromatic N) is 6. The van der Waals surface area contributed by atoms with Crippen LogP contribution in [0.1, 0.15) is 5.69 Å². The number of aromatic nitrogens is 4. The molecule has 0 atom stereocenters. The van der Waals surface area contributed by atoms with Crippen LogP contribution in [0, 0.1) is 17.9 Å². The van der Waals surface area contributed by atoms with E-state index >= 15 is 0 Å². The molecule has 6 heteroatoms. The SMILES string of the molecule is [C-]#[N+]c1nc(-c2ccc(-n3c4ccccc4c4ccccc43)cc2)c(C#N)nc1-c1ccc(-n2c3ccccc3c3ccccc32)cc1. The topological polar surface area (TPSA) is 63.8 Å². The van der Waals surface area contributed by atoms with Crippen LogP contribution < -0.4 is 0 Å². The van der Waals surface area contributed by atoms with Gasteiger partial charge < -0.3 is 14.0 Å². The first kappa shape index (κ1) is 27.3. The molecule has 0 radical (unpaired) electrons. The Morgan fingerprint density at radius 2 is 0.854 bits per heavy atom. The van der Waals surface area contributed by atoms with Crippen LogP contribution >= 0.6 is 0 Å². The normalized spacial score (nSPS) is 11.3. The first-order chi connectivity index (χ1) is 23.7. The summed E-state index contributed by atoms with van der Waals surface area (Å²) >= 11 is 0. The van der Waals surface area contributed by atoms with Crippen LogP contribution in [0.25, 0.3) is 82.3 Å². The Balaban J connectivity index is 1.10. The van der Waals surface area contributed by atoms with E-state index in [4.69, 9.17) is 16.5 Å². The van der Waals surface area contributed by atoms with Gasteiger partial charge in [0.05, 0.1) is 27.8 Å². The minimum atomic E-state index is 0.153. The van der Waals surface area contributed by atoms with Crippen molar-refractivity contribution in [1.29, 1.82) is 5.26 Å². The molecular formula is C42H24N6. The molecule has 0 aliphatic carbocycles. The van der Waals surface area contributed by atoms with Gasteiger partial charge in [-0.05, 0) is 66.2 Å². The van der Waals surface area contributed by atoms with E-state index in [-0.39, 0.29) is 11.5 Å². The summed E-state index contributed by atoms with van der Waals surface area (Å²) in [5.41, 5.74) is 8.87. The highest BCUT2D eigenvalue weighted by Crippen LogP contribution is 2.36. The Bertz CT molecular complexity index is 2490. The second-order valence-electron chi connectivity index (χ2n) is 11.6. The van der Waals surface area contributed by atoms with Crippen LogP contribution in [0.4, 0.5) is 5.82 Å². The first-order valence-corrected chi connectivity index (χ1v) is 15.6. The van der Waals surface area contributed by atoms with Crippen molar-refractivity contribution < 1.29 is 0 Å². The maximum atomic E-state index is 10.2. The number of fused-ring (bicyclic) bond motifs is 6. The van der Waals surface area contributed by atoms with Gasteiger partial charge in [0, 0.05) is 38.5 Å².